The zero-order valence-electron chi connectivity index (χ0n) is 11.1. The number of nitrogens with two attached hydrogens (primary N) is 1. The van der Waals surface area contributed by atoms with Gasteiger partial charge in [0, 0.05) is 13.1 Å². The van der Waals surface area contributed by atoms with Gasteiger partial charge in [-0.15, -0.1) is 0 Å². The molecule has 104 valence electrons. The number of aliphatic hydroxyl groups is 1. The number of nitrogens with zero attached hydrogens (tertiary/aromatic N) is 1. The Morgan fingerprint density at radius 3 is 2.42 bits per heavy atom. The van der Waals surface area contributed by atoms with Gasteiger partial charge in [0.05, 0.1) is 7.11 Å². The Kier molecular flexibility index (Phi) is 4.39. The van der Waals surface area contributed by atoms with Crippen LogP contribution in [0, 0.1) is 0 Å². The summed E-state index contributed by atoms with van der Waals surface area (Å²) in [5, 5.41) is 10.2. The predicted octanol–water partition coefficient (Wildman–Crippen LogP) is 0.678. The molecule has 1 aromatic rings. The molecule has 0 aliphatic carbocycles. The smallest absolute Gasteiger partial charge is 0.242 e. The van der Waals surface area contributed by atoms with Crippen LogP contribution in [0.25, 0.3) is 0 Å². The Balaban J connectivity index is 2.04. The van der Waals surface area contributed by atoms with Crippen molar-refractivity contribution < 1.29 is 14.6 Å². The molecule has 0 bridgehead atoms. The molecule has 0 unspecified atom stereocenters. The van der Waals surface area contributed by atoms with Gasteiger partial charge in [0.15, 0.2) is 0 Å². The number of amides is 1. The van der Waals surface area contributed by atoms with Gasteiger partial charge in [0.1, 0.15) is 17.9 Å². The maximum Gasteiger partial charge on any atom is 0.242 e. The molecule has 5 heteroatoms. The minimum atomic E-state index is -0.987. The van der Waals surface area contributed by atoms with Gasteiger partial charge in [-0.1, -0.05) is 12.1 Å². The lowest BCUT2D eigenvalue weighted by Crippen LogP contribution is -2.45. The van der Waals surface area contributed by atoms with E-state index in [9.17, 15) is 9.90 Å². The largest absolute Gasteiger partial charge is 0.497 e. The quantitative estimate of drug-likeness (QED) is 0.838. The molecule has 0 saturated carbocycles. The van der Waals surface area contributed by atoms with E-state index < -0.39 is 12.1 Å². The van der Waals surface area contributed by atoms with Gasteiger partial charge in [-0.2, -0.15) is 0 Å². The van der Waals surface area contributed by atoms with Gasteiger partial charge in [-0.3, -0.25) is 4.79 Å². The molecule has 0 spiro atoms. The van der Waals surface area contributed by atoms with Crippen LogP contribution in [0.4, 0.5) is 0 Å². The van der Waals surface area contributed by atoms with Gasteiger partial charge in [0.25, 0.3) is 0 Å². The second-order valence-electron chi connectivity index (χ2n) is 4.78. The number of hydrogen-bond donors (Lipinski definition) is 2. The van der Waals surface area contributed by atoms with Crippen molar-refractivity contribution in [1.29, 1.82) is 0 Å². The normalized spacial score (nSPS) is 18.2. The SMILES string of the molecule is COc1ccc([C@H](O)[C@@H](N)C(=O)N2CCCC2)cc1. The van der Waals surface area contributed by atoms with E-state index in [2.05, 4.69) is 0 Å². The first-order valence-corrected chi connectivity index (χ1v) is 6.50. The van der Waals surface area contributed by atoms with E-state index in [1.807, 2.05) is 0 Å². The highest BCUT2D eigenvalue weighted by molar-refractivity contribution is 5.82. The molecule has 1 fully saturated rings. The Morgan fingerprint density at radius 2 is 1.89 bits per heavy atom. The summed E-state index contributed by atoms with van der Waals surface area (Å²) in [4.78, 5) is 13.8. The Morgan fingerprint density at radius 1 is 1.32 bits per heavy atom. The standard InChI is InChI=1S/C14H20N2O3/c1-19-11-6-4-10(5-7-11)13(17)12(15)14(18)16-8-2-3-9-16/h4-7,12-13,17H,2-3,8-9,15H2,1H3/t12-,13+/m1/s1. The fraction of sp³-hybridized carbons (Fsp3) is 0.500. The van der Waals surface area contributed by atoms with Crippen molar-refractivity contribution in [1.82, 2.24) is 4.90 Å². The number of ether oxygens (including phenoxy) is 1. The van der Waals surface area contributed by atoms with Crippen LogP contribution in [-0.4, -0.2) is 42.2 Å². The highest BCUT2D eigenvalue weighted by Gasteiger charge is 2.29. The van der Waals surface area contributed by atoms with Crippen LogP contribution in [-0.2, 0) is 4.79 Å². The predicted molar refractivity (Wildman–Crippen MR) is 71.7 cm³/mol. The highest BCUT2D eigenvalue weighted by Crippen LogP contribution is 2.21. The Bertz CT molecular complexity index is 427. The van der Waals surface area contributed by atoms with E-state index in [4.69, 9.17) is 10.5 Å². The third-order valence-electron chi connectivity index (χ3n) is 3.50. The summed E-state index contributed by atoms with van der Waals surface area (Å²) >= 11 is 0. The number of hydrogen-bond acceptors (Lipinski definition) is 4. The van der Waals surface area contributed by atoms with Crippen LogP contribution < -0.4 is 10.5 Å². The first-order valence-electron chi connectivity index (χ1n) is 6.50. The summed E-state index contributed by atoms with van der Waals surface area (Å²) in [7, 11) is 1.58. The molecular weight excluding hydrogens is 244 g/mol. The first-order chi connectivity index (χ1) is 9.13. The molecule has 1 aliphatic heterocycles. The van der Waals surface area contributed by atoms with Crippen LogP contribution in [0.5, 0.6) is 5.75 Å². The second kappa shape index (κ2) is 6.04. The molecule has 1 heterocycles. The van der Waals surface area contributed by atoms with Crippen molar-refractivity contribution in [3.05, 3.63) is 29.8 Å². The van der Waals surface area contributed by atoms with Gasteiger partial charge < -0.3 is 20.5 Å². The van der Waals surface area contributed by atoms with Crippen LogP contribution in [0.1, 0.15) is 24.5 Å². The molecule has 19 heavy (non-hydrogen) atoms. The van der Waals surface area contributed by atoms with Gasteiger partial charge in [0.2, 0.25) is 5.91 Å². The summed E-state index contributed by atoms with van der Waals surface area (Å²) < 4.78 is 5.05. The van der Waals surface area contributed by atoms with Gasteiger partial charge in [-0.05, 0) is 30.5 Å². The minimum absolute atomic E-state index is 0.180. The van der Waals surface area contributed by atoms with Crippen LogP contribution >= 0.6 is 0 Å². The van der Waals surface area contributed by atoms with E-state index in [1.165, 1.54) is 0 Å². The van der Waals surface area contributed by atoms with Crippen LogP contribution in [0.2, 0.25) is 0 Å². The lowest BCUT2D eigenvalue weighted by Gasteiger charge is -2.24. The van der Waals surface area contributed by atoms with Crippen molar-refractivity contribution in [2.75, 3.05) is 20.2 Å². The summed E-state index contributed by atoms with van der Waals surface area (Å²) in [6.07, 6.45) is 1.03. The van der Waals surface area contributed by atoms with Crippen molar-refractivity contribution in [3.63, 3.8) is 0 Å². The average Bonchev–Trinajstić information content (AvgIpc) is 2.99. The molecule has 5 nitrogen and oxygen atoms in total. The minimum Gasteiger partial charge on any atom is -0.497 e. The molecule has 1 aromatic carbocycles. The molecule has 1 saturated heterocycles. The van der Waals surface area contributed by atoms with Crippen molar-refractivity contribution in [3.8, 4) is 5.75 Å². The van der Waals surface area contributed by atoms with E-state index in [0.29, 0.717) is 11.3 Å². The Hall–Kier alpha value is -1.59. The van der Waals surface area contributed by atoms with Crippen LogP contribution in [0.15, 0.2) is 24.3 Å². The third-order valence-corrected chi connectivity index (χ3v) is 3.50. The fourth-order valence-corrected chi connectivity index (χ4v) is 2.29. The number of benzene rings is 1. The number of methoxy groups -OCH3 is 1. The zero-order valence-corrected chi connectivity index (χ0v) is 11.1. The summed E-state index contributed by atoms with van der Waals surface area (Å²) in [6.45, 7) is 1.48. The van der Waals surface area contributed by atoms with Crippen molar-refractivity contribution in [2.24, 2.45) is 5.73 Å². The first kappa shape index (κ1) is 13.8. The lowest BCUT2D eigenvalue weighted by molar-refractivity contribution is -0.134. The maximum atomic E-state index is 12.1. The summed E-state index contributed by atoms with van der Waals surface area (Å²) in [5.74, 6) is 0.524. The summed E-state index contributed by atoms with van der Waals surface area (Å²) in [6, 6.07) is 6.02. The number of aliphatic hydroxyl groups excluding tert-OH is 1. The lowest BCUT2D eigenvalue weighted by atomic mass is 10.0. The molecule has 1 amide bonds. The molecule has 1 aliphatic rings. The average molecular weight is 264 g/mol. The van der Waals surface area contributed by atoms with E-state index in [0.717, 1.165) is 25.9 Å². The highest BCUT2D eigenvalue weighted by atomic mass is 16.5. The van der Waals surface area contributed by atoms with E-state index in [1.54, 1.807) is 36.3 Å². The van der Waals surface area contributed by atoms with Crippen LogP contribution in [0.3, 0.4) is 0 Å². The monoisotopic (exact) mass is 264 g/mol. The molecule has 2 rings (SSSR count). The van der Waals surface area contributed by atoms with E-state index >= 15 is 0 Å². The number of carbonyl (C=O) groups is 1. The summed E-state index contributed by atoms with van der Waals surface area (Å²) in [5.41, 5.74) is 6.50. The van der Waals surface area contributed by atoms with Crippen molar-refractivity contribution in [2.45, 2.75) is 25.0 Å². The zero-order chi connectivity index (χ0) is 13.8. The molecule has 3 N–H and O–H groups in total. The van der Waals surface area contributed by atoms with Gasteiger partial charge in [-0.25, -0.2) is 0 Å². The number of likely N-dealkylation sites (tertiary alicyclic amines) is 1. The molecule has 2 atom stereocenters. The maximum absolute atomic E-state index is 12.1. The van der Waals surface area contributed by atoms with Gasteiger partial charge >= 0.3 is 0 Å². The van der Waals surface area contributed by atoms with E-state index in [-0.39, 0.29) is 5.91 Å². The number of rotatable bonds is 4. The van der Waals surface area contributed by atoms with Crippen molar-refractivity contribution >= 4 is 5.91 Å². The number of carbonyl (C=O) groups excluding carboxylic acids is 1. The fourth-order valence-electron chi connectivity index (χ4n) is 2.29. The molecule has 0 radical (unpaired) electrons. The topological polar surface area (TPSA) is 75.8 Å². The third kappa shape index (κ3) is 3.05. The molecule has 0 aromatic heterocycles. The Labute approximate surface area is 113 Å². The molecular formula is C14H20N2O3. The second-order valence-corrected chi connectivity index (χ2v) is 4.78.